The van der Waals surface area contributed by atoms with E-state index < -0.39 is 70.9 Å². The molecular formula is C56H100Cl3NO10. The first kappa shape index (κ1) is 66.2. The molecule has 0 aliphatic carbocycles. The Morgan fingerprint density at radius 3 is 0.971 bits per heavy atom. The molecule has 5 atom stereocenters. The maximum atomic E-state index is 13.8. The van der Waals surface area contributed by atoms with Crippen molar-refractivity contribution >= 4 is 64.6 Å². The van der Waals surface area contributed by atoms with Crippen LogP contribution >= 0.6 is 34.8 Å². The van der Waals surface area contributed by atoms with Crippen LogP contribution in [0, 0.1) is 5.41 Å². The second-order valence-electron chi connectivity index (χ2n) is 19.8. The van der Waals surface area contributed by atoms with E-state index >= 15 is 0 Å². The van der Waals surface area contributed by atoms with Crippen molar-refractivity contribution in [2.45, 2.75) is 319 Å². The predicted octanol–water partition coefficient (Wildman–Crippen LogP) is 17.0. The lowest BCUT2D eigenvalue weighted by Gasteiger charge is -2.44. The van der Waals surface area contributed by atoms with E-state index in [-0.39, 0.29) is 25.7 Å². The molecule has 1 unspecified atom stereocenters. The third kappa shape index (κ3) is 35.4. The number of halogens is 3. The maximum Gasteiger partial charge on any atom is 0.306 e. The van der Waals surface area contributed by atoms with Gasteiger partial charge in [0.05, 0.1) is 0 Å². The molecule has 410 valence electrons. The van der Waals surface area contributed by atoms with Crippen LogP contribution in [-0.4, -0.2) is 70.9 Å². The van der Waals surface area contributed by atoms with Gasteiger partial charge in [0, 0.05) is 25.7 Å². The van der Waals surface area contributed by atoms with Crippen molar-refractivity contribution in [3.8, 4) is 0 Å². The van der Waals surface area contributed by atoms with E-state index in [1.54, 1.807) is 0 Å². The van der Waals surface area contributed by atoms with Gasteiger partial charge in [-0.15, -0.1) is 0 Å². The summed E-state index contributed by atoms with van der Waals surface area (Å²) in [4.78, 5) is 54.5. The Kier molecular flexibility index (Phi) is 42.2. The van der Waals surface area contributed by atoms with Gasteiger partial charge in [0.2, 0.25) is 18.3 Å². The van der Waals surface area contributed by atoms with Crippen LogP contribution in [0.2, 0.25) is 0 Å². The van der Waals surface area contributed by atoms with Crippen molar-refractivity contribution in [2.24, 2.45) is 0 Å². The van der Waals surface area contributed by atoms with Gasteiger partial charge >= 0.3 is 23.9 Å². The van der Waals surface area contributed by atoms with Gasteiger partial charge in [-0.2, -0.15) is 0 Å². The molecule has 0 aromatic carbocycles. The molecule has 1 aliphatic heterocycles. The summed E-state index contributed by atoms with van der Waals surface area (Å²) in [5, 5.41) is 8.49. The van der Waals surface area contributed by atoms with Crippen molar-refractivity contribution in [1.82, 2.24) is 0 Å². The molecule has 0 saturated carbocycles. The lowest BCUT2D eigenvalue weighted by Crippen LogP contribution is -2.63. The lowest BCUT2D eigenvalue weighted by molar-refractivity contribution is -0.293. The minimum Gasteiger partial charge on any atom is -0.463 e. The first-order chi connectivity index (χ1) is 33.9. The van der Waals surface area contributed by atoms with Crippen LogP contribution in [0.1, 0.15) is 285 Å². The molecule has 14 heteroatoms. The van der Waals surface area contributed by atoms with Gasteiger partial charge in [0.15, 0.2) is 12.2 Å². The van der Waals surface area contributed by atoms with Gasteiger partial charge < -0.3 is 28.4 Å². The number of nitrogens with one attached hydrogen (secondary N) is 1. The highest BCUT2D eigenvalue weighted by Crippen LogP contribution is 2.35. The Bertz CT molecular complexity index is 1330. The van der Waals surface area contributed by atoms with Gasteiger partial charge in [-0.05, 0) is 25.7 Å². The van der Waals surface area contributed by atoms with Crippen LogP contribution in [0.3, 0.4) is 0 Å². The van der Waals surface area contributed by atoms with Crippen LogP contribution in [0.15, 0.2) is 0 Å². The fourth-order valence-electron chi connectivity index (χ4n) is 8.89. The fraction of sp³-hybridized carbons (Fsp3) is 0.911. The molecule has 11 nitrogen and oxygen atoms in total. The van der Waals surface area contributed by atoms with Gasteiger partial charge in [-0.3, -0.25) is 24.6 Å². The molecule has 1 heterocycles. The van der Waals surface area contributed by atoms with E-state index in [0.29, 0.717) is 25.7 Å². The number of unbranched alkanes of at least 4 members (excludes halogenated alkanes) is 32. The predicted molar refractivity (Wildman–Crippen MR) is 286 cm³/mol. The summed E-state index contributed by atoms with van der Waals surface area (Å²) in [7, 11) is 0. The van der Waals surface area contributed by atoms with Crippen LogP contribution < -0.4 is 0 Å². The van der Waals surface area contributed by atoms with Crippen molar-refractivity contribution in [3.63, 3.8) is 0 Å². The highest BCUT2D eigenvalue weighted by atomic mass is 35.6. The molecule has 0 bridgehead atoms. The van der Waals surface area contributed by atoms with E-state index in [4.69, 9.17) is 68.6 Å². The van der Waals surface area contributed by atoms with E-state index in [0.717, 1.165) is 96.3 Å². The van der Waals surface area contributed by atoms with Crippen molar-refractivity contribution in [3.05, 3.63) is 0 Å². The molecule has 1 saturated heterocycles. The number of carbonyl (C=O) groups excluding carboxylic acids is 4. The molecule has 1 aliphatic rings. The van der Waals surface area contributed by atoms with Gasteiger partial charge in [-0.1, -0.05) is 268 Å². The Morgan fingerprint density at radius 1 is 0.386 bits per heavy atom. The fourth-order valence-corrected chi connectivity index (χ4v) is 9.03. The minimum absolute atomic E-state index is 0.0586. The number of ether oxygens (including phenoxy) is 6. The average molecular weight is 1050 g/mol. The Labute approximate surface area is 441 Å². The summed E-state index contributed by atoms with van der Waals surface area (Å²) < 4.78 is 34.0. The third-order valence-electron chi connectivity index (χ3n) is 13.2. The summed E-state index contributed by atoms with van der Waals surface area (Å²) in [5.41, 5.74) is 0. The summed E-state index contributed by atoms with van der Waals surface area (Å²) in [6.07, 6.45) is 31.4. The number of rotatable bonds is 46. The topological polar surface area (TPSA) is 148 Å². The lowest BCUT2D eigenvalue weighted by atomic mass is 9.97. The molecule has 1 rings (SSSR count). The van der Waals surface area contributed by atoms with Gasteiger partial charge in [0.1, 0.15) is 12.7 Å². The molecule has 0 spiro atoms. The number of carbonyl (C=O) groups is 4. The molecule has 1 N–H and O–H groups in total. The Hall–Kier alpha value is -1.82. The molecule has 0 amide bonds. The summed E-state index contributed by atoms with van der Waals surface area (Å²) in [6.45, 7) is 8.40. The zero-order valence-corrected chi connectivity index (χ0v) is 46.9. The molecule has 0 aromatic heterocycles. The van der Waals surface area contributed by atoms with Crippen molar-refractivity contribution < 1.29 is 47.6 Å². The molecule has 70 heavy (non-hydrogen) atoms. The Morgan fingerprint density at radius 2 is 0.657 bits per heavy atom. The second-order valence-corrected chi connectivity index (χ2v) is 22.1. The summed E-state index contributed by atoms with van der Waals surface area (Å²) in [6, 6.07) is 0. The van der Waals surface area contributed by atoms with E-state index in [9.17, 15) is 19.2 Å². The van der Waals surface area contributed by atoms with Crippen LogP contribution in [0.4, 0.5) is 0 Å². The number of alkyl halides is 3. The zero-order chi connectivity index (χ0) is 51.5. The van der Waals surface area contributed by atoms with Crippen LogP contribution in [-0.2, 0) is 47.6 Å². The second kappa shape index (κ2) is 44.6. The standard InChI is InChI=1S/C56H100Cl3NO10/c1-5-9-13-17-21-25-29-33-37-41-47(61)65-45-46-51(67-48(62)42-38-34-30-26-22-18-14-10-6-2)52(68-49(63)43-39-35-31-27-23-19-15-11-7-3)53(54(66-46)70-55(60)56(57,58)59)69-50(64)44-40-36-32-28-24-20-16-12-8-4/h46,51-54,60H,5-45H2,1-4H3/t46-,51+,52+,53-,54?/m1/s1. The Balaban J connectivity index is 3.36. The van der Waals surface area contributed by atoms with Gasteiger partial charge in [0.25, 0.3) is 3.79 Å². The first-order valence-electron chi connectivity index (χ1n) is 28.6. The van der Waals surface area contributed by atoms with E-state index in [2.05, 4.69) is 27.7 Å². The maximum absolute atomic E-state index is 13.8. The van der Waals surface area contributed by atoms with Crippen LogP contribution in [0.25, 0.3) is 0 Å². The number of hydrogen-bond acceptors (Lipinski definition) is 11. The summed E-state index contributed by atoms with van der Waals surface area (Å²) in [5.74, 6) is -3.06. The smallest absolute Gasteiger partial charge is 0.306 e. The normalized spacial score (nSPS) is 18.1. The zero-order valence-electron chi connectivity index (χ0n) is 44.6. The third-order valence-corrected chi connectivity index (χ3v) is 13.7. The molecular weight excluding hydrogens is 953 g/mol. The number of esters is 4. The first-order valence-corrected chi connectivity index (χ1v) is 29.7. The molecule has 0 aromatic rings. The monoisotopic (exact) mass is 1050 g/mol. The highest BCUT2D eigenvalue weighted by molar-refractivity contribution is 6.76. The van der Waals surface area contributed by atoms with Crippen molar-refractivity contribution in [1.29, 1.82) is 5.41 Å². The SMILES string of the molecule is CCCCCCCCCCCC(=O)OC[C@H]1OC(OC(=N)C(Cl)(Cl)Cl)[C@H](OC(=O)CCCCCCCCCCC)[C@@H](OC(=O)CCCCCCCCCCC)[C@H]1OC(=O)CCCCCCCCCCC. The minimum atomic E-state index is -2.33. The van der Waals surface area contributed by atoms with E-state index in [1.165, 1.54) is 109 Å². The number of hydrogen-bond donors (Lipinski definition) is 1. The highest BCUT2D eigenvalue weighted by Gasteiger charge is 2.54. The largest absolute Gasteiger partial charge is 0.463 e. The van der Waals surface area contributed by atoms with E-state index in [1.807, 2.05) is 0 Å². The van der Waals surface area contributed by atoms with Crippen LogP contribution in [0.5, 0.6) is 0 Å². The molecule has 1 fully saturated rings. The summed E-state index contributed by atoms with van der Waals surface area (Å²) >= 11 is 18.3. The average Bonchev–Trinajstić information content (AvgIpc) is 3.32. The quantitative estimate of drug-likeness (QED) is 0.0156. The van der Waals surface area contributed by atoms with Crippen molar-refractivity contribution in [2.75, 3.05) is 6.61 Å². The molecule has 0 radical (unpaired) electrons. The van der Waals surface area contributed by atoms with Gasteiger partial charge in [-0.25, -0.2) is 0 Å².